The summed E-state index contributed by atoms with van der Waals surface area (Å²) in [6.45, 7) is 1.73. The van der Waals surface area contributed by atoms with Crippen LogP contribution in [0.5, 0.6) is 0 Å². The first-order chi connectivity index (χ1) is 10.8. The van der Waals surface area contributed by atoms with Gasteiger partial charge in [0, 0.05) is 36.9 Å². The normalized spacial score (nSPS) is 17.3. The number of carbonyl (C=O) groups excluding carboxylic acids is 1. The second kappa shape index (κ2) is 5.84. The number of amides is 1. The van der Waals surface area contributed by atoms with Crippen LogP contribution in [0, 0.1) is 0 Å². The van der Waals surface area contributed by atoms with Crippen LogP contribution in [0.4, 0.5) is 0 Å². The third-order valence-corrected chi connectivity index (χ3v) is 5.62. The number of fused-ring (bicyclic) bond motifs is 1. The van der Waals surface area contributed by atoms with Crippen molar-refractivity contribution in [3.63, 3.8) is 0 Å². The Morgan fingerprint density at radius 1 is 1.14 bits per heavy atom. The first kappa shape index (κ1) is 13.9. The molecule has 2 heterocycles. The molecule has 1 amide bonds. The minimum Gasteiger partial charge on any atom is -0.342 e. The minimum atomic E-state index is 0.301. The van der Waals surface area contributed by atoms with E-state index in [1.54, 1.807) is 11.3 Å². The summed E-state index contributed by atoms with van der Waals surface area (Å²) < 4.78 is 0. The number of thiazole rings is 1. The predicted octanol–water partition coefficient (Wildman–Crippen LogP) is 3.46. The van der Waals surface area contributed by atoms with Crippen molar-refractivity contribution in [2.24, 2.45) is 0 Å². The maximum atomic E-state index is 11.6. The lowest BCUT2D eigenvalue weighted by Crippen LogP contribution is -2.26. The lowest BCUT2D eigenvalue weighted by atomic mass is 10.1. The number of hydrogen-bond donors (Lipinski definition) is 0. The molecule has 2 aromatic rings. The second-order valence-electron chi connectivity index (χ2n) is 6.20. The van der Waals surface area contributed by atoms with E-state index in [1.807, 2.05) is 4.90 Å². The lowest BCUT2D eigenvalue weighted by molar-refractivity contribution is -0.127. The van der Waals surface area contributed by atoms with Crippen LogP contribution < -0.4 is 0 Å². The van der Waals surface area contributed by atoms with Crippen LogP contribution in [0.15, 0.2) is 23.6 Å². The molecule has 0 bridgehead atoms. The average molecular weight is 312 g/mol. The lowest BCUT2D eigenvalue weighted by Gasteiger charge is -2.13. The molecule has 3 nitrogen and oxygen atoms in total. The molecular weight excluding hydrogens is 292 g/mol. The fraction of sp³-hybridized carbons (Fsp3) is 0.444. The van der Waals surface area contributed by atoms with Gasteiger partial charge >= 0.3 is 0 Å². The van der Waals surface area contributed by atoms with E-state index in [0.29, 0.717) is 5.91 Å². The van der Waals surface area contributed by atoms with Gasteiger partial charge in [-0.05, 0) is 42.9 Å². The van der Waals surface area contributed by atoms with E-state index in [2.05, 4.69) is 23.6 Å². The van der Waals surface area contributed by atoms with Gasteiger partial charge in [0.15, 0.2) is 0 Å². The summed E-state index contributed by atoms with van der Waals surface area (Å²) in [6.07, 6.45) is 6.32. The van der Waals surface area contributed by atoms with Gasteiger partial charge in [-0.3, -0.25) is 4.79 Å². The average Bonchev–Trinajstić information content (AvgIpc) is 3.25. The highest BCUT2D eigenvalue weighted by Crippen LogP contribution is 2.29. The van der Waals surface area contributed by atoms with Gasteiger partial charge in [0.1, 0.15) is 0 Å². The Labute approximate surface area is 135 Å². The summed E-state index contributed by atoms with van der Waals surface area (Å²) in [5.41, 5.74) is 5.32. The van der Waals surface area contributed by atoms with E-state index < -0.39 is 0 Å². The zero-order valence-corrected chi connectivity index (χ0v) is 13.5. The van der Waals surface area contributed by atoms with Crippen LogP contribution in [0.25, 0.3) is 11.3 Å². The van der Waals surface area contributed by atoms with E-state index in [0.717, 1.165) is 43.1 Å². The largest absolute Gasteiger partial charge is 0.342 e. The van der Waals surface area contributed by atoms with Crippen molar-refractivity contribution < 1.29 is 4.79 Å². The van der Waals surface area contributed by atoms with Crippen molar-refractivity contribution in [2.45, 2.75) is 38.5 Å². The summed E-state index contributed by atoms with van der Waals surface area (Å²) in [7, 11) is 0. The zero-order valence-electron chi connectivity index (χ0n) is 12.7. The Morgan fingerprint density at radius 2 is 2.05 bits per heavy atom. The van der Waals surface area contributed by atoms with Crippen LogP contribution in [0.3, 0.4) is 0 Å². The summed E-state index contributed by atoms with van der Waals surface area (Å²) >= 11 is 1.71. The number of carbonyl (C=O) groups is 1. The number of hydrogen-bond acceptors (Lipinski definition) is 3. The molecule has 0 N–H and O–H groups in total. The maximum Gasteiger partial charge on any atom is 0.222 e. The number of aromatic nitrogens is 1. The van der Waals surface area contributed by atoms with Crippen LogP contribution >= 0.6 is 11.3 Å². The molecule has 1 fully saturated rings. The monoisotopic (exact) mass is 312 g/mol. The SMILES string of the molecule is O=C1CCCN1CCc1nc(-c2ccc3c(c2)CCC3)cs1. The molecule has 4 heteroatoms. The standard InChI is InChI=1S/C18H20N2OS/c21-18-5-2-9-20(18)10-8-17-19-16(12-22-17)15-7-6-13-3-1-4-14(13)11-15/h6-7,11-12H,1-5,8-10H2. The van der Waals surface area contributed by atoms with Crippen molar-refractivity contribution in [3.8, 4) is 11.3 Å². The molecular formula is C18H20N2OS. The Bertz CT molecular complexity index is 707. The molecule has 1 saturated heterocycles. The Balaban J connectivity index is 1.46. The van der Waals surface area contributed by atoms with Gasteiger partial charge in [0.25, 0.3) is 0 Å². The summed E-state index contributed by atoms with van der Waals surface area (Å²) in [5, 5.41) is 3.29. The third kappa shape index (κ3) is 2.68. The van der Waals surface area contributed by atoms with Crippen LogP contribution in [0.1, 0.15) is 35.4 Å². The Morgan fingerprint density at radius 3 is 2.91 bits per heavy atom. The highest BCUT2D eigenvalue weighted by atomic mass is 32.1. The van der Waals surface area contributed by atoms with Crippen molar-refractivity contribution >= 4 is 17.2 Å². The number of likely N-dealkylation sites (tertiary alicyclic amines) is 1. The Kier molecular flexibility index (Phi) is 3.70. The fourth-order valence-electron chi connectivity index (χ4n) is 3.46. The summed E-state index contributed by atoms with van der Waals surface area (Å²) in [4.78, 5) is 18.4. The van der Waals surface area contributed by atoms with Crippen molar-refractivity contribution in [1.29, 1.82) is 0 Å². The Hall–Kier alpha value is -1.68. The van der Waals surface area contributed by atoms with Crippen molar-refractivity contribution in [3.05, 3.63) is 39.7 Å². The topological polar surface area (TPSA) is 33.2 Å². The van der Waals surface area contributed by atoms with Crippen molar-refractivity contribution in [1.82, 2.24) is 9.88 Å². The highest BCUT2D eigenvalue weighted by molar-refractivity contribution is 7.09. The molecule has 22 heavy (non-hydrogen) atoms. The number of nitrogens with zero attached hydrogens (tertiary/aromatic N) is 2. The highest BCUT2D eigenvalue weighted by Gasteiger charge is 2.20. The molecule has 1 aliphatic heterocycles. The van der Waals surface area contributed by atoms with Crippen LogP contribution in [-0.2, 0) is 24.1 Å². The summed E-state index contributed by atoms with van der Waals surface area (Å²) in [6, 6.07) is 6.78. The van der Waals surface area contributed by atoms with Gasteiger partial charge in [-0.1, -0.05) is 12.1 Å². The molecule has 2 aliphatic rings. The van der Waals surface area contributed by atoms with Gasteiger partial charge in [-0.15, -0.1) is 11.3 Å². The molecule has 4 rings (SSSR count). The smallest absolute Gasteiger partial charge is 0.222 e. The van der Waals surface area contributed by atoms with Gasteiger partial charge in [-0.2, -0.15) is 0 Å². The maximum absolute atomic E-state index is 11.6. The molecule has 0 atom stereocenters. The predicted molar refractivity (Wildman–Crippen MR) is 89.1 cm³/mol. The first-order valence-electron chi connectivity index (χ1n) is 8.14. The molecule has 0 radical (unpaired) electrons. The van der Waals surface area contributed by atoms with Gasteiger partial charge < -0.3 is 4.90 Å². The van der Waals surface area contributed by atoms with Gasteiger partial charge in [-0.25, -0.2) is 4.98 Å². The van der Waals surface area contributed by atoms with Crippen LogP contribution in [0.2, 0.25) is 0 Å². The van der Waals surface area contributed by atoms with E-state index >= 15 is 0 Å². The number of rotatable bonds is 4. The molecule has 1 aromatic carbocycles. The van der Waals surface area contributed by atoms with Gasteiger partial charge in [0.05, 0.1) is 10.7 Å². The molecule has 0 saturated carbocycles. The number of benzene rings is 1. The van der Waals surface area contributed by atoms with Gasteiger partial charge in [0.2, 0.25) is 5.91 Å². The van der Waals surface area contributed by atoms with Crippen molar-refractivity contribution in [2.75, 3.05) is 13.1 Å². The summed E-state index contributed by atoms with van der Waals surface area (Å²) in [5.74, 6) is 0.301. The van der Waals surface area contributed by atoms with E-state index in [4.69, 9.17) is 4.98 Å². The minimum absolute atomic E-state index is 0.301. The second-order valence-corrected chi connectivity index (χ2v) is 7.14. The molecule has 114 valence electrons. The van der Waals surface area contributed by atoms with E-state index in [9.17, 15) is 4.79 Å². The quantitative estimate of drug-likeness (QED) is 0.866. The first-order valence-corrected chi connectivity index (χ1v) is 9.02. The molecule has 1 aromatic heterocycles. The molecule has 1 aliphatic carbocycles. The van der Waals surface area contributed by atoms with E-state index in [-0.39, 0.29) is 0 Å². The van der Waals surface area contributed by atoms with E-state index in [1.165, 1.54) is 36.0 Å². The third-order valence-electron chi connectivity index (χ3n) is 4.71. The van der Waals surface area contributed by atoms with Crippen LogP contribution in [-0.4, -0.2) is 28.9 Å². The zero-order chi connectivity index (χ0) is 14.9. The molecule has 0 spiro atoms. The fourth-order valence-corrected chi connectivity index (χ4v) is 4.26. The molecule has 0 unspecified atom stereocenters. The number of aryl methyl sites for hydroxylation is 2.